The molecule has 0 amide bonds. The van der Waals surface area contributed by atoms with E-state index in [9.17, 15) is 0 Å². The lowest BCUT2D eigenvalue weighted by atomic mass is 10.2. The first-order valence-corrected chi connectivity index (χ1v) is 5.33. The van der Waals surface area contributed by atoms with Crippen molar-refractivity contribution in [1.82, 2.24) is 5.32 Å². The molecule has 1 heteroatoms. The van der Waals surface area contributed by atoms with Crippen molar-refractivity contribution in [1.29, 1.82) is 0 Å². The molecule has 1 N–H and O–H groups in total. The third-order valence-corrected chi connectivity index (χ3v) is 1.95. The first kappa shape index (κ1) is 12.3. The molecule has 0 radical (unpaired) electrons. The molecule has 0 aliphatic rings. The van der Waals surface area contributed by atoms with Gasteiger partial charge in [-0.25, -0.2) is 0 Å². The lowest BCUT2D eigenvalue weighted by Gasteiger charge is -2.04. The van der Waals surface area contributed by atoms with Crippen LogP contribution in [0.4, 0.5) is 0 Å². The molecule has 13 heavy (non-hydrogen) atoms. The van der Waals surface area contributed by atoms with Crippen LogP contribution in [0, 0.1) is 0 Å². The van der Waals surface area contributed by atoms with Crippen molar-refractivity contribution in [3.8, 4) is 0 Å². The average molecular weight is 181 g/mol. The number of unbranched alkanes of at least 4 members (excludes halogenated alkanes) is 2. The molecule has 0 unspecified atom stereocenters. The molecule has 0 saturated heterocycles. The summed E-state index contributed by atoms with van der Waals surface area (Å²) in [5, 5.41) is 3.40. The van der Waals surface area contributed by atoms with Crippen LogP contribution in [0.2, 0.25) is 0 Å². The Bertz CT molecular complexity index is 157. The van der Waals surface area contributed by atoms with E-state index in [1.807, 2.05) is 0 Å². The van der Waals surface area contributed by atoms with Gasteiger partial charge in [0.15, 0.2) is 0 Å². The van der Waals surface area contributed by atoms with E-state index in [0.717, 1.165) is 19.4 Å². The molecule has 0 heterocycles. The predicted octanol–water partition coefficient (Wildman–Crippen LogP) is 3.64. The van der Waals surface area contributed by atoms with E-state index >= 15 is 0 Å². The van der Waals surface area contributed by atoms with E-state index in [-0.39, 0.29) is 0 Å². The third-order valence-electron chi connectivity index (χ3n) is 1.95. The zero-order chi connectivity index (χ0) is 9.94. The highest BCUT2D eigenvalue weighted by Crippen LogP contribution is 1.97. The number of nitrogens with one attached hydrogen (secondary N) is 1. The van der Waals surface area contributed by atoms with Crippen LogP contribution in [0.25, 0.3) is 0 Å². The van der Waals surface area contributed by atoms with Crippen molar-refractivity contribution in [2.24, 2.45) is 0 Å². The fraction of sp³-hybridized carbons (Fsp3) is 0.667. The van der Waals surface area contributed by atoms with E-state index < -0.39 is 0 Å². The zero-order valence-corrected chi connectivity index (χ0v) is 9.27. The molecule has 0 aromatic carbocycles. The van der Waals surface area contributed by atoms with Crippen LogP contribution >= 0.6 is 0 Å². The smallest absolute Gasteiger partial charge is 0.0143 e. The Labute approximate surface area is 82.9 Å². The first-order chi connectivity index (χ1) is 6.31. The van der Waals surface area contributed by atoms with Crippen LogP contribution in [-0.2, 0) is 0 Å². The van der Waals surface area contributed by atoms with Gasteiger partial charge in [0.05, 0.1) is 0 Å². The van der Waals surface area contributed by atoms with E-state index in [4.69, 9.17) is 0 Å². The molecular weight excluding hydrogens is 158 g/mol. The van der Waals surface area contributed by atoms with E-state index in [1.165, 1.54) is 18.5 Å². The first-order valence-electron chi connectivity index (χ1n) is 5.33. The van der Waals surface area contributed by atoms with Gasteiger partial charge in [-0.05, 0) is 33.1 Å². The highest BCUT2D eigenvalue weighted by atomic mass is 14.9. The number of hydrogen-bond donors (Lipinski definition) is 1. The highest BCUT2D eigenvalue weighted by Gasteiger charge is 1.86. The fourth-order valence-electron chi connectivity index (χ4n) is 1.10. The molecule has 0 aliphatic carbocycles. The summed E-state index contributed by atoms with van der Waals surface area (Å²) in [6.07, 6.45) is 11.4. The monoisotopic (exact) mass is 181 g/mol. The maximum absolute atomic E-state index is 3.40. The second-order valence-electron chi connectivity index (χ2n) is 3.31. The standard InChI is InChI=1S/C12H23N/c1-4-6-8-9-10-12(3)13-11-7-5-2/h4,6,10,13H,5,7-9,11H2,1-3H3/b6-4?,12-10+. The summed E-state index contributed by atoms with van der Waals surface area (Å²) in [5.74, 6) is 0. The van der Waals surface area contributed by atoms with Crippen LogP contribution in [0.15, 0.2) is 23.9 Å². The topological polar surface area (TPSA) is 12.0 Å². The highest BCUT2D eigenvalue weighted by molar-refractivity contribution is 4.96. The lowest BCUT2D eigenvalue weighted by molar-refractivity contribution is 0.707. The van der Waals surface area contributed by atoms with Gasteiger partial charge in [-0.15, -0.1) is 0 Å². The van der Waals surface area contributed by atoms with E-state index in [2.05, 4.69) is 44.3 Å². The van der Waals surface area contributed by atoms with Crippen molar-refractivity contribution in [2.45, 2.75) is 46.5 Å². The molecule has 0 aliphatic heterocycles. The van der Waals surface area contributed by atoms with E-state index in [0.29, 0.717) is 0 Å². The molecule has 0 saturated carbocycles. The van der Waals surface area contributed by atoms with Crippen LogP contribution in [0.1, 0.15) is 46.5 Å². The number of rotatable bonds is 7. The van der Waals surface area contributed by atoms with Gasteiger partial charge in [0.1, 0.15) is 0 Å². The fourth-order valence-corrected chi connectivity index (χ4v) is 1.10. The van der Waals surface area contributed by atoms with Crippen LogP contribution in [0.3, 0.4) is 0 Å². The van der Waals surface area contributed by atoms with Gasteiger partial charge in [0, 0.05) is 12.2 Å². The molecule has 0 rings (SSSR count). The quantitative estimate of drug-likeness (QED) is 0.467. The molecule has 0 atom stereocenters. The molecule has 0 aromatic rings. The van der Waals surface area contributed by atoms with Crippen LogP contribution in [0.5, 0.6) is 0 Å². The van der Waals surface area contributed by atoms with Crippen LogP contribution < -0.4 is 5.32 Å². The Kier molecular flexibility index (Phi) is 8.85. The van der Waals surface area contributed by atoms with Gasteiger partial charge in [-0.3, -0.25) is 0 Å². The Morgan fingerprint density at radius 2 is 2.08 bits per heavy atom. The maximum atomic E-state index is 3.40. The molecule has 1 nitrogen and oxygen atoms in total. The molecule has 0 bridgehead atoms. The summed E-state index contributed by atoms with van der Waals surface area (Å²) in [4.78, 5) is 0. The molecule has 0 fully saturated rings. The van der Waals surface area contributed by atoms with Gasteiger partial charge < -0.3 is 5.32 Å². The number of hydrogen-bond acceptors (Lipinski definition) is 1. The Morgan fingerprint density at radius 3 is 2.69 bits per heavy atom. The van der Waals surface area contributed by atoms with Gasteiger partial charge in [-0.2, -0.15) is 0 Å². The summed E-state index contributed by atoms with van der Waals surface area (Å²) in [6, 6.07) is 0. The van der Waals surface area contributed by atoms with Crippen molar-refractivity contribution in [2.75, 3.05) is 6.54 Å². The summed E-state index contributed by atoms with van der Waals surface area (Å²) in [5.41, 5.74) is 1.32. The molecule has 0 spiro atoms. The predicted molar refractivity (Wildman–Crippen MR) is 60.7 cm³/mol. The largest absolute Gasteiger partial charge is 0.389 e. The van der Waals surface area contributed by atoms with Gasteiger partial charge in [-0.1, -0.05) is 31.6 Å². The SMILES string of the molecule is CC=CCC/C=C(\C)NCCCC. The van der Waals surface area contributed by atoms with Gasteiger partial charge >= 0.3 is 0 Å². The summed E-state index contributed by atoms with van der Waals surface area (Å²) in [7, 11) is 0. The van der Waals surface area contributed by atoms with Crippen molar-refractivity contribution in [3.05, 3.63) is 23.9 Å². The van der Waals surface area contributed by atoms with Gasteiger partial charge in [0.2, 0.25) is 0 Å². The summed E-state index contributed by atoms with van der Waals surface area (Å²) in [6.45, 7) is 7.54. The minimum atomic E-state index is 1.11. The Morgan fingerprint density at radius 1 is 1.31 bits per heavy atom. The Hall–Kier alpha value is -0.720. The van der Waals surface area contributed by atoms with Crippen molar-refractivity contribution < 1.29 is 0 Å². The van der Waals surface area contributed by atoms with Gasteiger partial charge in [0.25, 0.3) is 0 Å². The minimum Gasteiger partial charge on any atom is -0.389 e. The average Bonchev–Trinajstić information content (AvgIpc) is 2.13. The van der Waals surface area contributed by atoms with E-state index in [1.54, 1.807) is 0 Å². The molecular formula is C12H23N. The third kappa shape index (κ3) is 9.19. The van der Waals surface area contributed by atoms with Crippen molar-refractivity contribution in [3.63, 3.8) is 0 Å². The summed E-state index contributed by atoms with van der Waals surface area (Å²) >= 11 is 0. The number of allylic oxidation sites excluding steroid dienone is 4. The second kappa shape index (κ2) is 9.37. The molecule has 0 aromatic heterocycles. The minimum absolute atomic E-state index is 1.11. The molecule has 76 valence electrons. The second-order valence-corrected chi connectivity index (χ2v) is 3.31. The lowest BCUT2D eigenvalue weighted by Crippen LogP contribution is -2.12. The van der Waals surface area contributed by atoms with Crippen molar-refractivity contribution >= 4 is 0 Å². The Balaban J connectivity index is 3.39. The normalized spacial score (nSPS) is 12.4. The summed E-state index contributed by atoms with van der Waals surface area (Å²) < 4.78 is 0. The zero-order valence-electron chi connectivity index (χ0n) is 9.27. The van der Waals surface area contributed by atoms with Crippen LogP contribution in [-0.4, -0.2) is 6.54 Å². The maximum Gasteiger partial charge on any atom is 0.0143 e.